The van der Waals surface area contributed by atoms with Crippen molar-refractivity contribution in [2.24, 2.45) is 7.05 Å². The first-order valence-electron chi connectivity index (χ1n) is 5.21. The molecule has 1 aliphatic heterocycles. The van der Waals surface area contributed by atoms with Crippen LogP contribution in [0.1, 0.15) is 18.8 Å². The molecule has 0 spiro atoms. The number of imidazole rings is 1. The molecule has 2 heterocycles. The molecule has 78 valence electrons. The second-order valence-corrected chi connectivity index (χ2v) is 3.86. The largest absolute Gasteiger partial charge is 0.337 e. The number of hydrogen-bond acceptors (Lipinski definition) is 3. The van der Waals surface area contributed by atoms with Gasteiger partial charge in [-0.3, -0.25) is 4.90 Å². The van der Waals surface area contributed by atoms with E-state index in [1.54, 1.807) is 0 Å². The van der Waals surface area contributed by atoms with E-state index in [1.165, 1.54) is 0 Å². The maximum Gasteiger partial charge on any atom is 0.125 e. The first kappa shape index (κ1) is 9.68. The van der Waals surface area contributed by atoms with Crippen LogP contribution in [0.25, 0.3) is 0 Å². The SMILES string of the molecule is CC(c1nccn1C)N1CCNCC1. The van der Waals surface area contributed by atoms with Gasteiger partial charge in [0.15, 0.2) is 0 Å². The van der Waals surface area contributed by atoms with Crippen molar-refractivity contribution in [1.29, 1.82) is 0 Å². The summed E-state index contributed by atoms with van der Waals surface area (Å²) in [6, 6.07) is 0.428. The maximum absolute atomic E-state index is 4.39. The molecule has 1 unspecified atom stereocenters. The van der Waals surface area contributed by atoms with E-state index in [9.17, 15) is 0 Å². The van der Waals surface area contributed by atoms with Gasteiger partial charge < -0.3 is 9.88 Å². The molecule has 1 saturated heterocycles. The molecule has 14 heavy (non-hydrogen) atoms. The van der Waals surface area contributed by atoms with E-state index in [1.807, 2.05) is 12.4 Å². The highest BCUT2D eigenvalue weighted by molar-refractivity contribution is 4.98. The van der Waals surface area contributed by atoms with Crippen LogP contribution in [0.5, 0.6) is 0 Å². The Kier molecular flexibility index (Phi) is 2.84. The van der Waals surface area contributed by atoms with Gasteiger partial charge in [-0.2, -0.15) is 0 Å². The lowest BCUT2D eigenvalue weighted by Crippen LogP contribution is -2.44. The minimum absolute atomic E-state index is 0.428. The van der Waals surface area contributed by atoms with Crippen molar-refractivity contribution in [1.82, 2.24) is 19.8 Å². The summed E-state index contributed by atoms with van der Waals surface area (Å²) in [6.07, 6.45) is 3.88. The minimum atomic E-state index is 0.428. The molecule has 1 aromatic heterocycles. The van der Waals surface area contributed by atoms with Crippen molar-refractivity contribution >= 4 is 0 Å². The molecule has 1 aromatic rings. The molecular formula is C10H18N4. The van der Waals surface area contributed by atoms with E-state index in [-0.39, 0.29) is 0 Å². The van der Waals surface area contributed by atoms with Gasteiger partial charge >= 0.3 is 0 Å². The van der Waals surface area contributed by atoms with Crippen molar-refractivity contribution in [3.05, 3.63) is 18.2 Å². The molecule has 0 aliphatic carbocycles. The highest BCUT2D eigenvalue weighted by Crippen LogP contribution is 2.17. The van der Waals surface area contributed by atoms with Crippen LogP contribution in [0, 0.1) is 0 Å². The molecule has 2 rings (SSSR count). The van der Waals surface area contributed by atoms with Gasteiger partial charge in [0, 0.05) is 45.6 Å². The number of hydrogen-bond donors (Lipinski definition) is 1. The van der Waals surface area contributed by atoms with Crippen molar-refractivity contribution in [3.63, 3.8) is 0 Å². The molecular weight excluding hydrogens is 176 g/mol. The fourth-order valence-corrected chi connectivity index (χ4v) is 2.01. The summed E-state index contributed by atoms with van der Waals surface area (Å²) in [4.78, 5) is 6.86. The zero-order valence-electron chi connectivity index (χ0n) is 8.90. The van der Waals surface area contributed by atoms with Crippen LogP contribution < -0.4 is 5.32 Å². The first-order valence-corrected chi connectivity index (χ1v) is 5.21. The van der Waals surface area contributed by atoms with Crippen LogP contribution in [0.4, 0.5) is 0 Å². The van der Waals surface area contributed by atoms with Gasteiger partial charge in [-0.25, -0.2) is 4.98 Å². The summed E-state index contributed by atoms with van der Waals surface area (Å²) in [7, 11) is 2.06. The normalized spacial score (nSPS) is 21.0. The van der Waals surface area contributed by atoms with Crippen LogP contribution in [-0.4, -0.2) is 40.6 Å². The Morgan fingerprint density at radius 3 is 2.71 bits per heavy atom. The molecule has 1 fully saturated rings. The number of piperazine rings is 1. The minimum Gasteiger partial charge on any atom is -0.337 e. The molecule has 0 radical (unpaired) electrons. The topological polar surface area (TPSA) is 33.1 Å². The number of nitrogens with one attached hydrogen (secondary N) is 1. The Morgan fingerprint density at radius 2 is 2.14 bits per heavy atom. The second-order valence-electron chi connectivity index (χ2n) is 3.86. The third-order valence-corrected chi connectivity index (χ3v) is 2.93. The van der Waals surface area contributed by atoms with Crippen molar-refractivity contribution in [3.8, 4) is 0 Å². The molecule has 1 aliphatic rings. The maximum atomic E-state index is 4.39. The lowest BCUT2D eigenvalue weighted by atomic mass is 10.2. The molecule has 4 nitrogen and oxygen atoms in total. The van der Waals surface area contributed by atoms with Gasteiger partial charge in [0.05, 0.1) is 6.04 Å². The predicted molar refractivity (Wildman–Crippen MR) is 56.1 cm³/mol. The average molecular weight is 194 g/mol. The van der Waals surface area contributed by atoms with Crippen molar-refractivity contribution in [2.45, 2.75) is 13.0 Å². The smallest absolute Gasteiger partial charge is 0.125 e. The standard InChI is InChI=1S/C10H18N4/c1-9(10-12-5-6-13(10)2)14-7-3-11-4-8-14/h5-6,9,11H,3-4,7-8H2,1-2H3. The monoisotopic (exact) mass is 194 g/mol. The highest BCUT2D eigenvalue weighted by Gasteiger charge is 2.20. The van der Waals surface area contributed by atoms with Crippen LogP contribution in [0.3, 0.4) is 0 Å². The van der Waals surface area contributed by atoms with Crippen molar-refractivity contribution in [2.75, 3.05) is 26.2 Å². The van der Waals surface area contributed by atoms with Crippen LogP contribution >= 0.6 is 0 Å². The van der Waals surface area contributed by atoms with E-state index in [2.05, 4.69) is 33.7 Å². The number of nitrogens with zero attached hydrogens (tertiary/aromatic N) is 3. The number of aromatic nitrogens is 2. The third kappa shape index (κ3) is 1.81. The summed E-state index contributed by atoms with van der Waals surface area (Å²) >= 11 is 0. The van der Waals surface area contributed by atoms with Gasteiger partial charge in [-0.15, -0.1) is 0 Å². The van der Waals surface area contributed by atoms with Gasteiger partial charge in [0.1, 0.15) is 5.82 Å². The first-order chi connectivity index (χ1) is 6.79. The second kappa shape index (κ2) is 4.11. The summed E-state index contributed by atoms with van der Waals surface area (Å²) in [5, 5.41) is 3.36. The van der Waals surface area contributed by atoms with E-state index in [4.69, 9.17) is 0 Å². The van der Waals surface area contributed by atoms with Gasteiger partial charge in [0.25, 0.3) is 0 Å². The van der Waals surface area contributed by atoms with E-state index >= 15 is 0 Å². The fourth-order valence-electron chi connectivity index (χ4n) is 2.01. The molecule has 1 N–H and O–H groups in total. The quantitative estimate of drug-likeness (QED) is 0.739. The Balaban J connectivity index is 2.07. The number of aryl methyl sites for hydroxylation is 1. The Morgan fingerprint density at radius 1 is 1.43 bits per heavy atom. The molecule has 1 atom stereocenters. The van der Waals surface area contributed by atoms with Crippen LogP contribution in [0.2, 0.25) is 0 Å². The van der Waals surface area contributed by atoms with E-state index in [0.29, 0.717) is 6.04 Å². The van der Waals surface area contributed by atoms with Gasteiger partial charge in [0.2, 0.25) is 0 Å². The molecule has 0 bridgehead atoms. The molecule has 4 heteroatoms. The summed E-state index contributed by atoms with van der Waals surface area (Å²) in [5.41, 5.74) is 0. The molecule has 0 saturated carbocycles. The lowest BCUT2D eigenvalue weighted by Gasteiger charge is -2.32. The van der Waals surface area contributed by atoms with E-state index < -0.39 is 0 Å². The number of rotatable bonds is 2. The van der Waals surface area contributed by atoms with E-state index in [0.717, 1.165) is 32.0 Å². The Labute approximate surface area is 84.9 Å². The summed E-state index contributed by atoms with van der Waals surface area (Å²) in [5.74, 6) is 1.16. The zero-order valence-corrected chi connectivity index (χ0v) is 8.90. The Hall–Kier alpha value is -0.870. The van der Waals surface area contributed by atoms with Crippen molar-refractivity contribution < 1.29 is 0 Å². The average Bonchev–Trinajstić information content (AvgIpc) is 2.65. The summed E-state index contributed by atoms with van der Waals surface area (Å²) in [6.45, 7) is 6.65. The zero-order chi connectivity index (χ0) is 9.97. The van der Waals surface area contributed by atoms with Gasteiger partial charge in [-0.05, 0) is 6.92 Å². The van der Waals surface area contributed by atoms with Crippen LogP contribution in [-0.2, 0) is 7.05 Å². The molecule has 0 aromatic carbocycles. The molecule has 0 amide bonds. The highest BCUT2D eigenvalue weighted by atomic mass is 15.2. The van der Waals surface area contributed by atoms with Gasteiger partial charge in [-0.1, -0.05) is 0 Å². The predicted octanol–water partition coefficient (Wildman–Crippen LogP) is 0.386. The summed E-state index contributed by atoms with van der Waals surface area (Å²) < 4.78 is 2.10. The lowest BCUT2D eigenvalue weighted by molar-refractivity contribution is 0.177. The van der Waals surface area contributed by atoms with Crippen LogP contribution in [0.15, 0.2) is 12.4 Å². The fraction of sp³-hybridized carbons (Fsp3) is 0.700. The Bertz CT molecular complexity index is 288. The third-order valence-electron chi connectivity index (χ3n) is 2.93.